The molecule has 0 unspecified atom stereocenters. The van der Waals surface area contributed by atoms with Crippen molar-refractivity contribution in [2.24, 2.45) is 0 Å². The minimum absolute atomic E-state index is 0.00623. The first-order valence-electron chi connectivity index (χ1n) is 10.7. The van der Waals surface area contributed by atoms with Gasteiger partial charge < -0.3 is 15.0 Å². The Hall–Kier alpha value is -3.24. The van der Waals surface area contributed by atoms with Gasteiger partial charge in [0.1, 0.15) is 5.75 Å². The van der Waals surface area contributed by atoms with Crippen molar-refractivity contribution in [3.63, 3.8) is 0 Å². The summed E-state index contributed by atoms with van der Waals surface area (Å²) in [5, 5.41) is 13.1. The van der Waals surface area contributed by atoms with Gasteiger partial charge in [-0.3, -0.25) is 9.59 Å². The maximum absolute atomic E-state index is 12.9. The van der Waals surface area contributed by atoms with Gasteiger partial charge in [0, 0.05) is 25.4 Å². The third kappa shape index (κ3) is 4.81. The number of rotatable bonds is 6. The smallest absolute Gasteiger partial charge is 0.233 e. The summed E-state index contributed by atoms with van der Waals surface area (Å²) < 4.78 is 5.49. The molecular weight excluding hydrogens is 422 g/mol. The lowest BCUT2D eigenvalue weighted by Gasteiger charge is -2.29. The third-order valence-electron chi connectivity index (χ3n) is 5.77. The van der Waals surface area contributed by atoms with Crippen LogP contribution in [0.3, 0.4) is 0 Å². The highest BCUT2D eigenvalue weighted by atomic mass is 32.2. The predicted molar refractivity (Wildman–Crippen MR) is 124 cm³/mol. The Balaban J connectivity index is 1.47. The lowest BCUT2D eigenvalue weighted by atomic mass is 9.87. The molecular formula is C25H25N3O3S. The standard InChI is InChI=1S/C25H25N3O3S/c1-2-31-20-9-7-18(8-10-20)21-13-23(29)27-25(22(21)14-26)32-16-24(30)28-12-11-17-5-3-4-6-19(17)15-28/h3-10,21H,2,11-13,15-16H2,1H3,(H,27,29)/t21-/m0/s1. The minimum atomic E-state index is -0.330. The Bertz CT molecular complexity index is 1090. The van der Waals surface area contributed by atoms with Crippen molar-refractivity contribution in [3.05, 3.63) is 75.8 Å². The summed E-state index contributed by atoms with van der Waals surface area (Å²) >= 11 is 1.24. The fourth-order valence-electron chi connectivity index (χ4n) is 4.11. The van der Waals surface area contributed by atoms with E-state index in [1.807, 2.05) is 48.2 Å². The van der Waals surface area contributed by atoms with E-state index in [2.05, 4.69) is 23.5 Å². The molecule has 0 fully saturated rings. The molecule has 32 heavy (non-hydrogen) atoms. The van der Waals surface area contributed by atoms with Gasteiger partial charge in [0.15, 0.2) is 0 Å². The third-order valence-corrected chi connectivity index (χ3v) is 6.77. The number of nitrogens with one attached hydrogen (secondary N) is 1. The number of carbonyl (C=O) groups excluding carboxylic acids is 2. The molecule has 0 saturated heterocycles. The Labute approximate surface area is 192 Å². The van der Waals surface area contributed by atoms with Crippen molar-refractivity contribution in [2.75, 3.05) is 18.9 Å². The molecule has 2 amide bonds. The van der Waals surface area contributed by atoms with Gasteiger partial charge in [-0.05, 0) is 42.2 Å². The van der Waals surface area contributed by atoms with E-state index in [9.17, 15) is 14.9 Å². The zero-order chi connectivity index (χ0) is 22.5. The molecule has 0 saturated carbocycles. The monoisotopic (exact) mass is 447 g/mol. The molecule has 2 aromatic carbocycles. The van der Waals surface area contributed by atoms with Gasteiger partial charge >= 0.3 is 0 Å². The first kappa shape index (κ1) is 22.0. The summed E-state index contributed by atoms with van der Waals surface area (Å²) in [6, 6.07) is 17.9. The molecule has 0 radical (unpaired) electrons. The molecule has 164 valence electrons. The highest BCUT2D eigenvalue weighted by Gasteiger charge is 2.30. The fourth-order valence-corrected chi connectivity index (χ4v) is 5.09. The molecule has 4 rings (SSSR count). The Kier molecular flexibility index (Phi) is 6.81. The normalized spacial score (nSPS) is 17.9. The number of fused-ring (bicyclic) bond motifs is 1. The average Bonchev–Trinajstić information content (AvgIpc) is 2.82. The van der Waals surface area contributed by atoms with Crippen LogP contribution in [-0.2, 0) is 22.6 Å². The van der Waals surface area contributed by atoms with Crippen LogP contribution < -0.4 is 10.1 Å². The molecule has 0 aliphatic carbocycles. The fraction of sp³-hybridized carbons (Fsp3) is 0.320. The van der Waals surface area contributed by atoms with Crippen LogP contribution in [0.5, 0.6) is 5.75 Å². The number of allylic oxidation sites excluding steroid dienone is 1. The van der Waals surface area contributed by atoms with E-state index < -0.39 is 0 Å². The molecule has 0 spiro atoms. The van der Waals surface area contributed by atoms with Gasteiger partial charge in [-0.15, -0.1) is 0 Å². The second kappa shape index (κ2) is 9.92. The molecule has 0 aromatic heterocycles. The van der Waals surface area contributed by atoms with Crippen LogP contribution in [0, 0.1) is 11.3 Å². The molecule has 0 bridgehead atoms. The van der Waals surface area contributed by atoms with Crippen molar-refractivity contribution in [2.45, 2.75) is 32.2 Å². The van der Waals surface area contributed by atoms with Crippen LogP contribution in [0.15, 0.2) is 59.1 Å². The lowest BCUT2D eigenvalue weighted by molar-refractivity contribution is -0.129. The quantitative estimate of drug-likeness (QED) is 0.729. The van der Waals surface area contributed by atoms with E-state index >= 15 is 0 Å². The van der Waals surface area contributed by atoms with Crippen molar-refractivity contribution >= 4 is 23.6 Å². The summed E-state index contributed by atoms with van der Waals surface area (Å²) in [6.45, 7) is 3.78. The molecule has 6 nitrogen and oxygen atoms in total. The van der Waals surface area contributed by atoms with Crippen molar-refractivity contribution in [3.8, 4) is 11.8 Å². The van der Waals surface area contributed by atoms with Gasteiger partial charge in [-0.2, -0.15) is 5.26 Å². The van der Waals surface area contributed by atoms with E-state index in [0.29, 0.717) is 30.3 Å². The van der Waals surface area contributed by atoms with Crippen LogP contribution in [0.25, 0.3) is 0 Å². The molecule has 2 aliphatic rings. The summed E-state index contributed by atoms with van der Waals surface area (Å²) in [5.74, 6) is 0.460. The first-order chi connectivity index (χ1) is 15.6. The maximum Gasteiger partial charge on any atom is 0.233 e. The molecule has 1 N–H and O–H groups in total. The largest absolute Gasteiger partial charge is 0.494 e. The van der Waals surface area contributed by atoms with Crippen LogP contribution in [-0.4, -0.2) is 35.6 Å². The topological polar surface area (TPSA) is 82.4 Å². The van der Waals surface area contributed by atoms with E-state index in [1.165, 1.54) is 22.9 Å². The molecule has 2 aliphatic heterocycles. The number of hydrogen-bond donors (Lipinski definition) is 1. The average molecular weight is 448 g/mol. The molecule has 1 atom stereocenters. The van der Waals surface area contributed by atoms with Crippen LogP contribution in [0.4, 0.5) is 0 Å². The van der Waals surface area contributed by atoms with Gasteiger partial charge in [-0.1, -0.05) is 48.2 Å². The number of nitrogens with zero attached hydrogens (tertiary/aromatic N) is 2. The van der Waals surface area contributed by atoms with Crippen LogP contribution in [0.1, 0.15) is 36.0 Å². The number of nitriles is 1. The van der Waals surface area contributed by atoms with E-state index in [1.54, 1.807) is 0 Å². The highest BCUT2D eigenvalue weighted by Crippen LogP contribution is 2.36. The van der Waals surface area contributed by atoms with Crippen LogP contribution >= 0.6 is 11.8 Å². The van der Waals surface area contributed by atoms with Crippen molar-refractivity contribution < 1.29 is 14.3 Å². The summed E-state index contributed by atoms with van der Waals surface area (Å²) in [4.78, 5) is 27.1. The predicted octanol–water partition coefficient (Wildman–Crippen LogP) is 3.74. The Morgan fingerprint density at radius 1 is 1.22 bits per heavy atom. The van der Waals surface area contributed by atoms with Gasteiger partial charge in [0.05, 0.1) is 29.0 Å². The summed E-state index contributed by atoms with van der Waals surface area (Å²) in [7, 11) is 0. The van der Waals surface area contributed by atoms with E-state index in [0.717, 1.165) is 17.7 Å². The first-order valence-corrected chi connectivity index (χ1v) is 11.7. The zero-order valence-electron chi connectivity index (χ0n) is 18.0. The zero-order valence-corrected chi connectivity index (χ0v) is 18.8. The Morgan fingerprint density at radius 3 is 2.69 bits per heavy atom. The number of benzene rings is 2. The Morgan fingerprint density at radius 2 is 1.97 bits per heavy atom. The van der Waals surface area contributed by atoms with Crippen molar-refractivity contribution in [1.29, 1.82) is 5.26 Å². The number of ether oxygens (including phenoxy) is 1. The lowest BCUT2D eigenvalue weighted by Crippen LogP contribution is -2.37. The van der Waals surface area contributed by atoms with Crippen LogP contribution in [0.2, 0.25) is 0 Å². The molecule has 2 aromatic rings. The number of thioether (sulfide) groups is 1. The van der Waals surface area contributed by atoms with Gasteiger partial charge in [0.25, 0.3) is 0 Å². The summed E-state index contributed by atoms with van der Waals surface area (Å²) in [5.41, 5.74) is 3.85. The number of carbonyl (C=O) groups is 2. The van der Waals surface area contributed by atoms with Gasteiger partial charge in [-0.25, -0.2) is 0 Å². The summed E-state index contributed by atoms with van der Waals surface area (Å²) in [6.07, 6.45) is 1.05. The number of amides is 2. The molecule has 2 heterocycles. The number of hydrogen-bond acceptors (Lipinski definition) is 5. The van der Waals surface area contributed by atoms with E-state index in [4.69, 9.17) is 4.74 Å². The van der Waals surface area contributed by atoms with Gasteiger partial charge in [0.2, 0.25) is 11.8 Å². The highest BCUT2D eigenvalue weighted by molar-refractivity contribution is 8.03. The maximum atomic E-state index is 12.9. The SMILES string of the molecule is CCOc1ccc([C@@H]2CC(=O)NC(SCC(=O)N3CCc4ccccc4C3)=C2C#N)cc1. The minimum Gasteiger partial charge on any atom is -0.494 e. The van der Waals surface area contributed by atoms with E-state index in [-0.39, 0.29) is 29.9 Å². The second-order valence-corrected chi connectivity index (χ2v) is 8.77. The van der Waals surface area contributed by atoms with Crippen molar-refractivity contribution in [1.82, 2.24) is 10.2 Å². The molecule has 7 heteroatoms. The second-order valence-electron chi connectivity index (χ2n) is 7.78.